The van der Waals surface area contributed by atoms with Gasteiger partial charge in [-0.1, -0.05) is 64.9 Å². The number of para-hydroxylation sites is 1. The normalized spacial score (nSPS) is 14.6. The van der Waals surface area contributed by atoms with Crippen LogP contribution < -0.4 is 20.1 Å². The number of amides is 1. The van der Waals surface area contributed by atoms with Crippen molar-refractivity contribution in [1.29, 1.82) is 0 Å². The summed E-state index contributed by atoms with van der Waals surface area (Å²) >= 11 is 19.1. The molecule has 0 radical (unpaired) electrons. The van der Waals surface area contributed by atoms with Crippen molar-refractivity contribution >= 4 is 58.5 Å². The summed E-state index contributed by atoms with van der Waals surface area (Å²) in [6.45, 7) is 0.251. The summed E-state index contributed by atoms with van der Waals surface area (Å²) in [4.78, 5) is 13.5. The molecule has 178 valence electrons. The number of benzene rings is 3. The SMILES string of the molecule is COc1cc([C@@H]2NC(=O)c3sc(=S)n(-c4ccccc4)c3N2)ccc1OCc1ccc(Cl)cc1Cl. The molecular formula is C25H19Cl2N3O3S2. The Morgan fingerprint density at radius 1 is 1.03 bits per heavy atom. The van der Waals surface area contributed by atoms with Crippen molar-refractivity contribution in [1.82, 2.24) is 9.88 Å². The van der Waals surface area contributed by atoms with E-state index in [9.17, 15) is 4.79 Å². The van der Waals surface area contributed by atoms with Crippen LogP contribution in [0.3, 0.4) is 0 Å². The molecule has 1 aliphatic rings. The van der Waals surface area contributed by atoms with Crippen molar-refractivity contribution in [2.75, 3.05) is 12.4 Å². The molecule has 2 N–H and O–H groups in total. The minimum Gasteiger partial charge on any atom is -0.493 e. The number of carbonyl (C=O) groups is 1. The molecule has 4 aromatic rings. The van der Waals surface area contributed by atoms with Gasteiger partial charge in [-0.15, -0.1) is 0 Å². The van der Waals surface area contributed by atoms with E-state index >= 15 is 0 Å². The molecule has 0 aliphatic carbocycles. The highest BCUT2D eigenvalue weighted by Gasteiger charge is 2.30. The van der Waals surface area contributed by atoms with Crippen molar-refractivity contribution in [3.05, 3.63) is 96.7 Å². The Balaban J connectivity index is 1.41. The molecule has 1 atom stereocenters. The van der Waals surface area contributed by atoms with Crippen molar-refractivity contribution in [2.45, 2.75) is 12.8 Å². The van der Waals surface area contributed by atoms with E-state index in [1.807, 2.05) is 53.1 Å². The summed E-state index contributed by atoms with van der Waals surface area (Å²) in [5, 5.41) is 7.51. The van der Waals surface area contributed by atoms with E-state index in [0.717, 1.165) is 16.8 Å². The number of anilines is 1. The van der Waals surface area contributed by atoms with Crippen LogP contribution in [0.5, 0.6) is 11.5 Å². The van der Waals surface area contributed by atoms with Crippen LogP contribution >= 0.6 is 46.8 Å². The fourth-order valence-corrected chi connectivity index (χ4v) is 5.55. The molecular weight excluding hydrogens is 525 g/mol. The molecule has 35 heavy (non-hydrogen) atoms. The zero-order valence-corrected chi connectivity index (χ0v) is 21.5. The largest absolute Gasteiger partial charge is 0.493 e. The third kappa shape index (κ3) is 4.75. The van der Waals surface area contributed by atoms with E-state index < -0.39 is 6.17 Å². The minimum absolute atomic E-state index is 0.189. The van der Waals surface area contributed by atoms with E-state index in [4.69, 9.17) is 44.9 Å². The Hall–Kier alpha value is -3.04. The molecule has 1 aliphatic heterocycles. The van der Waals surface area contributed by atoms with Gasteiger partial charge in [-0.3, -0.25) is 9.36 Å². The monoisotopic (exact) mass is 543 g/mol. The van der Waals surface area contributed by atoms with Crippen LogP contribution in [-0.2, 0) is 6.61 Å². The Labute approximate surface area is 221 Å². The van der Waals surface area contributed by atoms with Gasteiger partial charge in [0.05, 0.1) is 7.11 Å². The molecule has 3 aromatic carbocycles. The number of carbonyl (C=O) groups excluding carboxylic acids is 1. The molecule has 1 amide bonds. The number of ether oxygens (including phenoxy) is 2. The number of thiazole rings is 1. The summed E-state index contributed by atoms with van der Waals surface area (Å²) in [7, 11) is 1.57. The second-order valence-electron chi connectivity index (χ2n) is 7.70. The molecule has 6 nitrogen and oxygen atoms in total. The zero-order valence-electron chi connectivity index (χ0n) is 18.4. The van der Waals surface area contributed by atoms with Crippen molar-refractivity contribution in [3.8, 4) is 17.2 Å². The van der Waals surface area contributed by atoms with Crippen molar-refractivity contribution in [2.24, 2.45) is 0 Å². The lowest BCUT2D eigenvalue weighted by Crippen LogP contribution is -2.38. The maximum absolute atomic E-state index is 12.9. The molecule has 1 aromatic heterocycles. The molecule has 0 unspecified atom stereocenters. The number of hydrogen-bond donors (Lipinski definition) is 2. The Morgan fingerprint density at radius 3 is 2.57 bits per heavy atom. The molecule has 2 heterocycles. The lowest BCUT2D eigenvalue weighted by molar-refractivity contribution is 0.0939. The van der Waals surface area contributed by atoms with Crippen LogP contribution in [0.2, 0.25) is 10.0 Å². The predicted molar refractivity (Wildman–Crippen MR) is 142 cm³/mol. The number of hydrogen-bond acceptors (Lipinski definition) is 6. The highest BCUT2D eigenvalue weighted by atomic mass is 35.5. The van der Waals surface area contributed by atoms with Gasteiger partial charge < -0.3 is 20.1 Å². The Morgan fingerprint density at radius 2 is 1.83 bits per heavy atom. The molecule has 5 rings (SSSR count). The van der Waals surface area contributed by atoms with Gasteiger partial charge in [0, 0.05) is 21.3 Å². The van der Waals surface area contributed by atoms with Gasteiger partial charge in [0.25, 0.3) is 5.91 Å². The number of nitrogens with one attached hydrogen (secondary N) is 2. The van der Waals surface area contributed by atoms with Gasteiger partial charge in [-0.25, -0.2) is 0 Å². The second-order valence-corrected chi connectivity index (χ2v) is 10.2. The summed E-state index contributed by atoms with van der Waals surface area (Å²) < 4.78 is 14.0. The third-order valence-corrected chi connectivity index (χ3v) is 7.47. The Kier molecular flexibility index (Phi) is 6.71. The van der Waals surface area contributed by atoms with Crippen molar-refractivity contribution in [3.63, 3.8) is 0 Å². The first-order valence-electron chi connectivity index (χ1n) is 10.6. The molecule has 0 saturated heterocycles. The van der Waals surface area contributed by atoms with E-state index in [-0.39, 0.29) is 12.5 Å². The second kappa shape index (κ2) is 9.91. The standard InChI is InChI=1S/C25H19Cl2N3O3S2/c1-32-20-11-14(8-10-19(20)33-13-15-7-9-16(26)12-18(15)27)22-28-23-21(24(31)29-22)35-25(34)30(23)17-5-3-2-4-6-17/h2-12,22,28H,13H2,1H3,(H,29,31)/t22-/m0/s1. The summed E-state index contributed by atoms with van der Waals surface area (Å²) in [6.07, 6.45) is -0.484. The smallest absolute Gasteiger partial charge is 0.267 e. The summed E-state index contributed by atoms with van der Waals surface area (Å²) in [6, 6.07) is 20.5. The number of halogens is 2. The number of methoxy groups -OCH3 is 1. The average molecular weight is 544 g/mol. The first kappa shape index (κ1) is 23.7. The zero-order chi connectivity index (χ0) is 24.5. The van der Waals surface area contributed by atoms with Crippen LogP contribution in [0.25, 0.3) is 5.69 Å². The van der Waals surface area contributed by atoms with Gasteiger partial charge in [0.15, 0.2) is 15.5 Å². The highest BCUT2D eigenvalue weighted by Crippen LogP contribution is 2.37. The number of nitrogens with zero attached hydrogens (tertiary/aromatic N) is 1. The first-order valence-corrected chi connectivity index (χ1v) is 12.6. The summed E-state index contributed by atoms with van der Waals surface area (Å²) in [5.74, 6) is 1.55. The topological polar surface area (TPSA) is 64.5 Å². The third-order valence-electron chi connectivity index (χ3n) is 5.51. The fraction of sp³-hybridized carbons (Fsp3) is 0.120. The molecule has 0 spiro atoms. The first-order chi connectivity index (χ1) is 16.9. The van der Waals surface area contributed by atoms with Crippen LogP contribution in [0.1, 0.15) is 27.0 Å². The van der Waals surface area contributed by atoms with Gasteiger partial charge >= 0.3 is 0 Å². The molecule has 10 heteroatoms. The van der Waals surface area contributed by atoms with E-state index in [1.165, 1.54) is 11.3 Å². The average Bonchev–Trinajstić information content (AvgIpc) is 3.20. The maximum Gasteiger partial charge on any atom is 0.267 e. The van der Waals surface area contributed by atoms with Crippen LogP contribution in [-0.4, -0.2) is 17.6 Å². The number of rotatable bonds is 6. The molecule has 0 fully saturated rings. The van der Waals surface area contributed by atoms with Gasteiger partial charge in [-0.2, -0.15) is 0 Å². The fourth-order valence-electron chi connectivity index (χ4n) is 3.78. The van der Waals surface area contributed by atoms with Gasteiger partial charge in [-0.05, 0) is 54.2 Å². The van der Waals surface area contributed by atoms with Crippen molar-refractivity contribution < 1.29 is 14.3 Å². The maximum atomic E-state index is 12.9. The van der Waals surface area contributed by atoms with Crippen LogP contribution in [0.15, 0.2) is 66.7 Å². The summed E-state index contributed by atoms with van der Waals surface area (Å²) in [5.41, 5.74) is 2.49. The number of aromatic nitrogens is 1. The molecule has 0 bridgehead atoms. The quantitative estimate of drug-likeness (QED) is 0.256. The van der Waals surface area contributed by atoms with E-state index in [2.05, 4.69) is 10.6 Å². The highest BCUT2D eigenvalue weighted by molar-refractivity contribution is 7.73. The van der Waals surface area contributed by atoms with Gasteiger partial charge in [0.2, 0.25) is 0 Å². The van der Waals surface area contributed by atoms with Crippen LogP contribution in [0.4, 0.5) is 5.82 Å². The lowest BCUT2D eigenvalue weighted by atomic mass is 10.1. The van der Waals surface area contributed by atoms with Crippen LogP contribution in [0, 0.1) is 3.95 Å². The van der Waals surface area contributed by atoms with E-state index in [0.29, 0.717) is 36.2 Å². The minimum atomic E-state index is -0.484. The Bertz CT molecular complexity index is 1470. The van der Waals surface area contributed by atoms with Gasteiger partial charge in [0.1, 0.15) is 23.5 Å². The predicted octanol–water partition coefficient (Wildman–Crippen LogP) is 7.02. The van der Waals surface area contributed by atoms with E-state index in [1.54, 1.807) is 25.3 Å². The lowest BCUT2D eigenvalue weighted by Gasteiger charge is -2.27. The number of fused-ring (bicyclic) bond motifs is 1. The molecule has 0 saturated carbocycles.